The molecule has 0 aliphatic heterocycles. The number of rotatable bonds is 10. The summed E-state index contributed by atoms with van der Waals surface area (Å²) in [6.45, 7) is 1.97. The number of carbonyl (C=O) groups excluding carboxylic acids is 1. The first kappa shape index (κ1) is 31.6. The molecule has 0 amide bonds. The Labute approximate surface area is 199 Å². The lowest BCUT2D eigenvalue weighted by atomic mass is 9.76. The van der Waals surface area contributed by atoms with Crippen molar-refractivity contribution in [2.24, 2.45) is 29.6 Å². The Morgan fingerprint density at radius 3 is 1.59 bits per heavy atom. The lowest BCUT2D eigenvalue weighted by Crippen LogP contribution is -2.68. The van der Waals surface area contributed by atoms with Crippen LogP contribution in [0.1, 0.15) is 39.5 Å². The van der Waals surface area contributed by atoms with E-state index < -0.39 is 73.0 Å². The standard InChI is InChI=1S/C20H21F15O2/c1-8-9(2)11-5-10(8)6-12(11)13(36)37-4-3-14(21,22)17(27,28)19(31,32)18(29,30)15(23,24)7-16(25,26)20(33,34)35/h8-12H,3-7H2,1-2H3. The summed E-state index contributed by atoms with van der Waals surface area (Å²) in [4.78, 5) is 12.1. The van der Waals surface area contributed by atoms with Gasteiger partial charge in [-0.2, -0.15) is 65.9 Å². The van der Waals surface area contributed by atoms with Gasteiger partial charge in [0.05, 0.1) is 25.4 Å². The minimum Gasteiger partial charge on any atom is -0.465 e. The highest BCUT2D eigenvalue weighted by atomic mass is 19.4. The number of halogens is 15. The van der Waals surface area contributed by atoms with Gasteiger partial charge < -0.3 is 4.74 Å². The van der Waals surface area contributed by atoms with Gasteiger partial charge in [0, 0.05) is 0 Å². The molecule has 5 unspecified atom stereocenters. The van der Waals surface area contributed by atoms with Crippen molar-refractivity contribution in [2.45, 2.75) is 81.2 Å². The molecule has 0 N–H and O–H groups in total. The third-order valence-electron chi connectivity index (χ3n) is 7.43. The van der Waals surface area contributed by atoms with Gasteiger partial charge in [0.2, 0.25) is 0 Å². The van der Waals surface area contributed by atoms with E-state index in [9.17, 15) is 70.7 Å². The summed E-state index contributed by atoms with van der Waals surface area (Å²) in [5.74, 6) is -45.2. The van der Waals surface area contributed by atoms with Gasteiger partial charge in [-0.3, -0.25) is 4.79 Å². The molecule has 2 bridgehead atoms. The molecule has 2 fully saturated rings. The molecule has 2 saturated carbocycles. The van der Waals surface area contributed by atoms with E-state index in [2.05, 4.69) is 4.74 Å². The second kappa shape index (κ2) is 9.26. The SMILES string of the molecule is CC1C2CC(C(=O)OCCC(F)(F)C(F)(F)C(F)(F)C(F)(F)C(F)(F)CC(F)(F)C(F)(F)F)C(C2)C1C. The summed E-state index contributed by atoms with van der Waals surface area (Å²) in [6.07, 6.45) is -13.1. The first-order valence-corrected chi connectivity index (χ1v) is 10.8. The predicted octanol–water partition coefficient (Wildman–Crippen LogP) is 7.61. The molecule has 0 heterocycles. The van der Waals surface area contributed by atoms with E-state index in [1.54, 1.807) is 6.92 Å². The Balaban J connectivity index is 2.14. The third kappa shape index (κ3) is 5.08. The predicted molar refractivity (Wildman–Crippen MR) is 94.0 cm³/mol. The molecular weight excluding hydrogens is 557 g/mol. The number of hydrogen-bond acceptors (Lipinski definition) is 2. The molecule has 0 spiro atoms. The zero-order chi connectivity index (χ0) is 29.2. The average molecular weight is 578 g/mol. The molecule has 0 saturated heterocycles. The molecule has 2 aliphatic carbocycles. The van der Waals surface area contributed by atoms with Gasteiger partial charge >= 0.3 is 47.7 Å². The van der Waals surface area contributed by atoms with Crippen LogP contribution in [0.25, 0.3) is 0 Å². The van der Waals surface area contributed by atoms with E-state index in [1.165, 1.54) is 0 Å². The number of ether oxygens (including phenoxy) is 1. The quantitative estimate of drug-likeness (QED) is 0.197. The van der Waals surface area contributed by atoms with Crippen LogP contribution in [0.3, 0.4) is 0 Å². The summed E-state index contributed by atoms with van der Waals surface area (Å²) < 4.78 is 203. The van der Waals surface area contributed by atoms with Crippen molar-refractivity contribution in [3.8, 4) is 0 Å². The van der Waals surface area contributed by atoms with Crippen LogP contribution in [-0.2, 0) is 9.53 Å². The molecule has 0 radical (unpaired) electrons. The summed E-state index contributed by atoms with van der Waals surface area (Å²) in [5, 5.41) is 0. The Kier molecular flexibility index (Phi) is 7.92. The fraction of sp³-hybridized carbons (Fsp3) is 0.950. The molecule has 2 aliphatic rings. The normalized spacial score (nSPS) is 28.1. The van der Waals surface area contributed by atoms with Gasteiger partial charge in [0.25, 0.3) is 0 Å². The van der Waals surface area contributed by atoms with Crippen molar-refractivity contribution < 1.29 is 75.4 Å². The van der Waals surface area contributed by atoms with Crippen LogP contribution >= 0.6 is 0 Å². The van der Waals surface area contributed by atoms with Gasteiger partial charge in [-0.05, 0) is 36.5 Å². The highest BCUT2D eigenvalue weighted by molar-refractivity contribution is 5.73. The van der Waals surface area contributed by atoms with Crippen LogP contribution in [-0.4, -0.2) is 54.3 Å². The molecule has 218 valence electrons. The molecule has 17 heteroatoms. The van der Waals surface area contributed by atoms with Crippen molar-refractivity contribution in [3.05, 3.63) is 0 Å². The maximum atomic E-state index is 13.9. The lowest BCUT2D eigenvalue weighted by Gasteiger charge is -2.40. The summed E-state index contributed by atoms with van der Waals surface area (Å²) in [6, 6.07) is 0. The smallest absolute Gasteiger partial charge is 0.453 e. The lowest BCUT2D eigenvalue weighted by molar-refractivity contribution is -0.412. The van der Waals surface area contributed by atoms with E-state index in [0.717, 1.165) is 0 Å². The van der Waals surface area contributed by atoms with Crippen LogP contribution in [0, 0.1) is 29.6 Å². The molecule has 0 aromatic rings. The van der Waals surface area contributed by atoms with E-state index in [4.69, 9.17) is 0 Å². The second-order valence-corrected chi connectivity index (χ2v) is 9.65. The molecule has 37 heavy (non-hydrogen) atoms. The summed E-state index contributed by atoms with van der Waals surface area (Å²) >= 11 is 0. The van der Waals surface area contributed by atoms with Crippen molar-refractivity contribution in [1.29, 1.82) is 0 Å². The van der Waals surface area contributed by atoms with Crippen LogP contribution in [0.4, 0.5) is 65.9 Å². The van der Waals surface area contributed by atoms with Crippen molar-refractivity contribution in [2.75, 3.05) is 6.61 Å². The van der Waals surface area contributed by atoms with Gasteiger partial charge in [-0.15, -0.1) is 0 Å². The van der Waals surface area contributed by atoms with E-state index in [1.807, 2.05) is 6.92 Å². The van der Waals surface area contributed by atoms with E-state index in [-0.39, 0.29) is 30.1 Å². The third-order valence-corrected chi connectivity index (χ3v) is 7.43. The Morgan fingerprint density at radius 1 is 0.676 bits per heavy atom. The average Bonchev–Trinajstić information content (AvgIpc) is 3.25. The zero-order valence-corrected chi connectivity index (χ0v) is 18.9. The highest BCUT2D eigenvalue weighted by Gasteiger charge is 2.87. The van der Waals surface area contributed by atoms with Crippen LogP contribution in [0.2, 0.25) is 0 Å². The first-order valence-electron chi connectivity index (χ1n) is 10.8. The Bertz CT molecular complexity index is 849. The van der Waals surface area contributed by atoms with Crippen molar-refractivity contribution in [3.63, 3.8) is 0 Å². The minimum absolute atomic E-state index is 0.00869. The molecule has 0 aromatic heterocycles. The maximum absolute atomic E-state index is 13.9. The highest BCUT2D eigenvalue weighted by Crippen LogP contribution is 2.60. The maximum Gasteiger partial charge on any atom is 0.453 e. The number of fused-ring (bicyclic) bond motifs is 2. The fourth-order valence-electron chi connectivity index (χ4n) is 4.90. The molecule has 2 rings (SSSR count). The largest absolute Gasteiger partial charge is 0.465 e. The Morgan fingerprint density at radius 2 is 1.16 bits per heavy atom. The minimum atomic E-state index is -7.82. The number of esters is 1. The van der Waals surface area contributed by atoms with Gasteiger partial charge in [0.1, 0.15) is 0 Å². The van der Waals surface area contributed by atoms with E-state index in [0.29, 0.717) is 6.42 Å². The molecular formula is C20H21F15O2. The number of alkyl halides is 15. The topological polar surface area (TPSA) is 26.3 Å². The molecule has 2 nitrogen and oxygen atoms in total. The van der Waals surface area contributed by atoms with Gasteiger partial charge in [-0.25, -0.2) is 0 Å². The summed E-state index contributed by atoms with van der Waals surface area (Å²) in [7, 11) is 0. The van der Waals surface area contributed by atoms with Crippen LogP contribution in [0.5, 0.6) is 0 Å². The number of carbonyl (C=O) groups is 1. The first-order chi connectivity index (χ1) is 16.3. The monoisotopic (exact) mass is 578 g/mol. The number of hydrogen-bond donors (Lipinski definition) is 0. The zero-order valence-electron chi connectivity index (χ0n) is 18.9. The van der Waals surface area contributed by atoms with Crippen molar-refractivity contribution >= 4 is 5.97 Å². The molecule has 0 aromatic carbocycles. The molecule has 5 atom stereocenters. The van der Waals surface area contributed by atoms with Gasteiger partial charge in [-0.1, -0.05) is 13.8 Å². The van der Waals surface area contributed by atoms with E-state index >= 15 is 0 Å². The van der Waals surface area contributed by atoms with Crippen LogP contribution in [0.15, 0.2) is 0 Å². The second-order valence-electron chi connectivity index (χ2n) is 9.65. The van der Waals surface area contributed by atoms with Crippen molar-refractivity contribution in [1.82, 2.24) is 0 Å². The Hall–Kier alpha value is -1.58. The van der Waals surface area contributed by atoms with Crippen LogP contribution < -0.4 is 0 Å². The summed E-state index contributed by atoms with van der Waals surface area (Å²) in [5.41, 5.74) is 0. The fourth-order valence-corrected chi connectivity index (χ4v) is 4.90. The van der Waals surface area contributed by atoms with Gasteiger partial charge in [0.15, 0.2) is 0 Å².